The van der Waals surface area contributed by atoms with E-state index in [2.05, 4.69) is 0 Å². The van der Waals surface area contributed by atoms with Crippen molar-refractivity contribution >= 4 is 23.5 Å². The van der Waals surface area contributed by atoms with Crippen LogP contribution in [0.25, 0.3) is 0 Å². The van der Waals surface area contributed by atoms with Crippen molar-refractivity contribution in [1.29, 1.82) is 0 Å². The lowest BCUT2D eigenvalue weighted by Crippen LogP contribution is -2.41. The lowest BCUT2D eigenvalue weighted by molar-refractivity contribution is -0.167. The fourth-order valence-electron chi connectivity index (χ4n) is 3.31. The zero-order chi connectivity index (χ0) is 20.1. The summed E-state index contributed by atoms with van der Waals surface area (Å²) in [4.78, 5) is 23.5. The van der Waals surface area contributed by atoms with Gasteiger partial charge < -0.3 is 10.5 Å². The fraction of sp³-hybridized carbons (Fsp3) is 0.636. The molecule has 4 nitrogen and oxygen atoms in total. The smallest absolute Gasteiger partial charge is 0.312 e. The van der Waals surface area contributed by atoms with Crippen molar-refractivity contribution in [3.63, 3.8) is 0 Å². The molecule has 2 N–H and O–H groups in total. The first-order chi connectivity index (χ1) is 12.7. The highest BCUT2D eigenvalue weighted by Crippen LogP contribution is 2.64. The van der Waals surface area contributed by atoms with Crippen LogP contribution in [0.2, 0.25) is 5.02 Å². The van der Waals surface area contributed by atoms with E-state index in [9.17, 15) is 9.59 Å². The van der Waals surface area contributed by atoms with Crippen LogP contribution >= 0.6 is 11.6 Å². The number of carbonyl (C=O) groups excluding carboxylic acids is 2. The predicted octanol–water partition coefficient (Wildman–Crippen LogP) is 5.27. The molecule has 1 amide bonds. The van der Waals surface area contributed by atoms with Gasteiger partial charge in [-0.1, -0.05) is 69.3 Å². The quantitative estimate of drug-likeness (QED) is 0.695. The number of rotatable bonds is 2. The van der Waals surface area contributed by atoms with E-state index in [1.54, 1.807) is 0 Å². The van der Waals surface area contributed by atoms with Gasteiger partial charge in [-0.3, -0.25) is 9.59 Å². The second-order valence-electron chi connectivity index (χ2n) is 8.44. The summed E-state index contributed by atoms with van der Waals surface area (Å²) in [6.45, 7) is 5.85. The van der Waals surface area contributed by atoms with E-state index in [-0.39, 0.29) is 11.4 Å². The molecule has 2 aliphatic carbocycles. The summed E-state index contributed by atoms with van der Waals surface area (Å²) >= 11 is 5.54. The third-order valence-electron chi connectivity index (χ3n) is 6.39. The third kappa shape index (κ3) is 4.84. The van der Waals surface area contributed by atoms with Gasteiger partial charge in [-0.15, -0.1) is 0 Å². The predicted molar refractivity (Wildman–Crippen MR) is 108 cm³/mol. The normalized spacial score (nSPS) is 33.4. The largest absolute Gasteiger partial charge is 0.448 e. The summed E-state index contributed by atoms with van der Waals surface area (Å²) in [5, 5.41) is 0.794. The van der Waals surface area contributed by atoms with Crippen molar-refractivity contribution in [1.82, 2.24) is 0 Å². The molecule has 0 aromatic heterocycles. The van der Waals surface area contributed by atoms with Crippen LogP contribution in [0.5, 0.6) is 0 Å². The molecule has 3 fully saturated rings. The van der Waals surface area contributed by atoms with Gasteiger partial charge in [0.15, 0.2) is 5.60 Å². The number of nitrogens with two attached hydrogens (primary N) is 1. The number of ether oxygens (including phenoxy) is 1. The van der Waals surface area contributed by atoms with Gasteiger partial charge in [-0.05, 0) is 38.3 Å². The molecule has 0 radical (unpaired) electrons. The Balaban J connectivity index is 0.000000193. The molecule has 4 rings (SSSR count). The number of hydrogen-bond donors (Lipinski definition) is 1. The Morgan fingerprint density at radius 1 is 1.11 bits per heavy atom. The highest BCUT2D eigenvalue weighted by molar-refractivity contribution is 6.30. The van der Waals surface area contributed by atoms with Gasteiger partial charge in [-0.2, -0.15) is 0 Å². The maximum Gasteiger partial charge on any atom is 0.312 e. The molecule has 1 aromatic carbocycles. The second-order valence-corrected chi connectivity index (χ2v) is 8.88. The number of benzene rings is 1. The standard InChI is InChI=1S/C12H19NO3.C6H5Cl.C4H8/c1-4-10(2)5-6-11(3)7-12(11,8(13)14)16-9(10)15;7-6-4-2-1-3-5-6;1-2-4-3-1/h4-7H2,1-3H3,(H2,13,14);1-5H;1-4H2/t10-,11?,12+;;/m0../s1. The van der Waals surface area contributed by atoms with Crippen molar-refractivity contribution in [2.24, 2.45) is 16.6 Å². The van der Waals surface area contributed by atoms with E-state index in [0.717, 1.165) is 24.3 Å². The topological polar surface area (TPSA) is 69.4 Å². The van der Waals surface area contributed by atoms with Crippen molar-refractivity contribution in [2.45, 2.75) is 77.7 Å². The average molecular weight is 394 g/mol. The van der Waals surface area contributed by atoms with Crippen LogP contribution in [0.15, 0.2) is 30.3 Å². The van der Waals surface area contributed by atoms with Crippen LogP contribution in [0.4, 0.5) is 0 Å². The minimum absolute atomic E-state index is 0.235. The molecule has 1 aromatic rings. The third-order valence-corrected chi connectivity index (χ3v) is 6.64. The Morgan fingerprint density at radius 3 is 2.04 bits per heavy atom. The molecule has 1 aliphatic heterocycles. The van der Waals surface area contributed by atoms with E-state index in [0.29, 0.717) is 6.42 Å². The molecule has 3 aliphatic rings. The van der Waals surface area contributed by atoms with Gasteiger partial charge in [0.05, 0.1) is 5.41 Å². The lowest BCUT2D eigenvalue weighted by atomic mass is 9.80. The minimum atomic E-state index is -1.02. The number of fused-ring (bicyclic) bond motifs is 1. The Labute approximate surface area is 167 Å². The second kappa shape index (κ2) is 8.64. The van der Waals surface area contributed by atoms with E-state index in [4.69, 9.17) is 22.1 Å². The first-order valence-corrected chi connectivity index (χ1v) is 10.3. The molecule has 1 heterocycles. The molecule has 0 bridgehead atoms. The van der Waals surface area contributed by atoms with E-state index in [1.807, 2.05) is 51.1 Å². The number of halogens is 1. The lowest BCUT2D eigenvalue weighted by Gasteiger charge is -2.25. The summed E-state index contributed by atoms with van der Waals surface area (Å²) in [5.41, 5.74) is 3.66. The zero-order valence-electron chi connectivity index (χ0n) is 16.7. The molecule has 27 heavy (non-hydrogen) atoms. The molecule has 1 unspecified atom stereocenters. The van der Waals surface area contributed by atoms with Crippen molar-refractivity contribution in [2.75, 3.05) is 0 Å². The molecular weight excluding hydrogens is 362 g/mol. The van der Waals surface area contributed by atoms with E-state index < -0.39 is 16.9 Å². The fourth-order valence-corrected chi connectivity index (χ4v) is 3.46. The summed E-state index contributed by atoms with van der Waals surface area (Å²) in [6.07, 6.45) is 8.91. The average Bonchev–Trinajstić information content (AvgIpc) is 3.19. The first kappa shape index (κ1) is 21.7. The highest BCUT2D eigenvalue weighted by atomic mass is 35.5. The van der Waals surface area contributed by atoms with E-state index in [1.165, 1.54) is 25.7 Å². The van der Waals surface area contributed by atoms with Crippen molar-refractivity contribution in [3.8, 4) is 0 Å². The number of amides is 1. The van der Waals surface area contributed by atoms with Gasteiger partial charge in [0, 0.05) is 16.9 Å². The van der Waals surface area contributed by atoms with Crippen LogP contribution in [-0.2, 0) is 14.3 Å². The number of esters is 1. The van der Waals surface area contributed by atoms with Gasteiger partial charge in [0.25, 0.3) is 5.91 Å². The van der Waals surface area contributed by atoms with Gasteiger partial charge >= 0.3 is 5.97 Å². The highest BCUT2D eigenvalue weighted by Gasteiger charge is 2.73. The van der Waals surface area contributed by atoms with Crippen LogP contribution in [0.3, 0.4) is 0 Å². The van der Waals surface area contributed by atoms with Crippen LogP contribution in [0.1, 0.15) is 72.1 Å². The Hall–Kier alpha value is -1.55. The zero-order valence-corrected chi connectivity index (χ0v) is 17.5. The van der Waals surface area contributed by atoms with Gasteiger partial charge in [-0.25, -0.2) is 0 Å². The summed E-state index contributed by atoms with van der Waals surface area (Å²) in [7, 11) is 0. The van der Waals surface area contributed by atoms with Crippen molar-refractivity contribution in [3.05, 3.63) is 35.4 Å². The van der Waals surface area contributed by atoms with Gasteiger partial charge in [0.2, 0.25) is 0 Å². The van der Waals surface area contributed by atoms with Crippen LogP contribution in [0, 0.1) is 10.8 Å². The Bertz CT molecular complexity index is 657. The Morgan fingerprint density at radius 2 is 1.67 bits per heavy atom. The number of primary amides is 1. The van der Waals surface area contributed by atoms with E-state index >= 15 is 0 Å². The maximum atomic E-state index is 12.0. The maximum absolute atomic E-state index is 12.0. The number of carbonyl (C=O) groups is 2. The van der Waals surface area contributed by atoms with Gasteiger partial charge in [0.1, 0.15) is 0 Å². The summed E-state index contributed by atoms with van der Waals surface area (Å²) in [5.74, 6) is -0.765. The molecule has 0 spiro atoms. The summed E-state index contributed by atoms with van der Waals surface area (Å²) in [6, 6.07) is 9.44. The Kier molecular flexibility index (Phi) is 6.96. The molecule has 2 saturated carbocycles. The molecule has 3 atom stereocenters. The minimum Gasteiger partial charge on any atom is -0.448 e. The monoisotopic (exact) mass is 393 g/mol. The first-order valence-electron chi connectivity index (χ1n) is 9.93. The molecular formula is C22H32ClNO3. The number of hydrogen-bond acceptors (Lipinski definition) is 3. The van der Waals surface area contributed by atoms with Crippen molar-refractivity contribution < 1.29 is 14.3 Å². The van der Waals surface area contributed by atoms with Crippen LogP contribution < -0.4 is 5.73 Å². The summed E-state index contributed by atoms with van der Waals surface area (Å²) < 4.78 is 5.43. The van der Waals surface area contributed by atoms with Crippen LogP contribution in [-0.4, -0.2) is 17.5 Å². The SMILES string of the molecule is C1CCC1.CC[C@@]1(C)CCC2(C)C[C@]2(C(N)=O)OC1=O.Clc1ccccc1. The molecule has 5 heteroatoms. The molecule has 150 valence electrons. The molecule has 1 saturated heterocycles.